The van der Waals surface area contributed by atoms with Crippen LogP contribution in [0.2, 0.25) is 0 Å². The van der Waals surface area contributed by atoms with Gasteiger partial charge in [-0.05, 0) is 68.0 Å². The number of hydrogen-bond donors (Lipinski definition) is 2. The number of nitrogens with zero attached hydrogens (tertiary/aromatic N) is 4. The molecule has 8 heteroatoms. The first kappa shape index (κ1) is 26.0. The number of carbonyl (C=O) groups is 2. The second kappa shape index (κ2) is 11.4. The van der Waals surface area contributed by atoms with E-state index in [0.29, 0.717) is 12.3 Å². The van der Waals surface area contributed by atoms with Gasteiger partial charge < -0.3 is 10.2 Å². The molecule has 0 bridgehead atoms. The Kier molecular flexibility index (Phi) is 9.90. The number of likely N-dealkylation sites (N-methyl/N-ethyl adjacent to an activating group) is 4. The van der Waals surface area contributed by atoms with Crippen LogP contribution in [0.25, 0.3) is 0 Å². The number of benzene rings is 1. The maximum Gasteiger partial charge on any atom is 0.336 e. The lowest BCUT2D eigenvalue weighted by Gasteiger charge is -2.21. The van der Waals surface area contributed by atoms with Crippen LogP contribution in [0.4, 0.5) is 0 Å². The lowest BCUT2D eigenvalue weighted by Crippen LogP contribution is -2.32. The van der Waals surface area contributed by atoms with Gasteiger partial charge in [0.2, 0.25) is 0 Å². The van der Waals surface area contributed by atoms with E-state index in [-0.39, 0.29) is 11.1 Å². The van der Waals surface area contributed by atoms with Crippen molar-refractivity contribution in [2.45, 2.75) is 52.1 Å². The smallest absolute Gasteiger partial charge is 0.336 e. The highest BCUT2D eigenvalue weighted by atomic mass is 16.4. The predicted octanol–water partition coefficient (Wildman–Crippen LogP) is 2.28. The Labute approximate surface area is 180 Å². The van der Waals surface area contributed by atoms with E-state index in [1.54, 1.807) is 0 Å². The summed E-state index contributed by atoms with van der Waals surface area (Å²) < 4.78 is 0. The minimum absolute atomic E-state index is 0.190. The zero-order chi connectivity index (χ0) is 23.2. The monoisotopic (exact) mass is 422 g/mol. The molecule has 1 aromatic rings. The predicted molar refractivity (Wildman–Crippen MR) is 119 cm³/mol. The Balaban J connectivity index is 0.000000229. The molecular formula is C22H38N4O4. The van der Waals surface area contributed by atoms with Crippen LogP contribution >= 0.6 is 0 Å². The SMILES string of the molecule is CC1CN(C)C(C)N1C.CC1CN(C)C(C)N1C.O=C(O)c1ccccc1C(=O)O. The van der Waals surface area contributed by atoms with Gasteiger partial charge in [-0.1, -0.05) is 12.1 Å². The van der Waals surface area contributed by atoms with Gasteiger partial charge in [0.1, 0.15) is 0 Å². The molecule has 0 spiro atoms. The maximum atomic E-state index is 10.5. The van der Waals surface area contributed by atoms with Crippen LogP contribution in [0.1, 0.15) is 48.4 Å². The first-order chi connectivity index (χ1) is 13.9. The van der Waals surface area contributed by atoms with Gasteiger partial charge in [-0.15, -0.1) is 0 Å². The van der Waals surface area contributed by atoms with Crippen LogP contribution in [0.5, 0.6) is 0 Å². The average molecular weight is 423 g/mol. The van der Waals surface area contributed by atoms with Gasteiger partial charge in [-0.3, -0.25) is 19.6 Å². The van der Waals surface area contributed by atoms with Crippen molar-refractivity contribution in [1.29, 1.82) is 0 Å². The number of rotatable bonds is 2. The molecule has 2 fully saturated rings. The quantitative estimate of drug-likeness (QED) is 0.751. The van der Waals surface area contributed by atoms with E-state index in [9.17, 15) is 9.59 Å². The molecule has 2 N–H and O–H groups in total. The van der Waals surface area contributed by atoms with E-state index in [0.717, 1.165) is 12.1 Å². The molecule has 2 aliphatic rings. The van der Waals surface area contributed by atoms with E-state index >= 15 is 0 Å². The van der Waals surface area contributed by atoms with Crippen molar-refractivity contribution in [3.8, 4) is 0 Å². The summed E-state index contributed by atoms with van der Waals surface area (Å²) in [7, 11) is 8.70. The fourth-order valence-corrected chi connectivity index (χ4v) is 3.61. The van der Waals surface area contributed by atoms with E-state index in [4.69, 9.17) is 10.2 Å². The van der Waals surface area contributed by atoms with Crippen molar-refractivity contribution in [3.63, 3.8) is 0 Å². The van der Waals surface area contributed by atoms with Crippen molar-refractivity contribution < 1.29 is 19.8 Å². The summed E-state index contributed by atoms with van der Waals surface area (Å²) in [5.74, 6) is -2.46. The lowest BCUT2D eigenvalue weighted by molar-refractivity contribution is 0.0651. The van der Waals surface area contributed by atoms with E-state index < -0.39 is 11.9 Å². The first-order valence-electron chi connectivity index (χ1n) is 10.3. The van der Waals surface area contributed by atoms with Crippen LogP contribution in [-0.4, -0.2) is 107 Å². The third-order valence-electron chi connectivity index (χ3n) is 6.34. The Morgan fingerprint density at radius 2 is 1.03 bits per heavy atom. The highest BCUT2D eigenvalue weighted by Gasteiger charge is 2.28. The fourth-order valence-electron chi connectivity index (χ4n) is 3.61. The van der Waals surface area contributed by atoms with E-state index in [2.05, 4.69) is 75.5 Å². The van der Waals surface area contributed by atoms with Gasteiger partial charge in [0.15, 0.2) is 0 Å². The number of carboxylic acids is 2. The molecule has 0 radical (unpaired) electrons. The highest BCUT2D eigenvalue weighted by molar-refractivity contribution is 6.01. The van der Waals surface area contributed by atoms with Crippen LogP contribution < -0.4 is 0 Å². The van der Waals surface area contributed by atoms with Crippen molar-refractivity contribution in [2.24, 2.45) is 0 Å². The average Bonchev–Trinajstić information content (AvgIpc) is 3.05. The molecule has 4 atom stereocenters. The van der Waals surface area contributed by atoms with Gasteiger partial charge in [0.05, 0.1) is 23.5 Å². The molecule has 2 heterocycles. The highest BCUT2D eigenvalue weighted by Crippen LogP contribution is 2.15. The summed E-state index contributed by atoms with van der Waals surface area (Å²) >= 11 is 0. The molecule has 0 aromatic heterocycles. The lowest BCUT2D eigenvalue weighted by atomic mass is 10.1. The van der Waals surface area contributed by atoms with Crippen molar-refractivity contribution in [2.75, 3.05) is 41.3 Å². The van der Waals surface area contributed by atoms with Crippen molar-refractivity contribution >= 4 is 11.9 Å². The molecule has 3 rings (SSSR count). The summed E-state index contributed by atoms with van der Waals surface area (Å²) in [4.78, 5) is 30.4. The summed E-state index contributed by atoms with van der Waals surface area (Å²) in [5.41, 5.74) is -0.380. The summed E-state index contributed by atoms with van der Waals surface area (Å²) in [6, 6.07) is 6.93. The largest absolute Gasteiger partial charge is 0.478 e. The van der Waals surface area contributed by atoms with Crippen molar-refractivity contribution in [3.05, 3.63) is 35.4 Å². The Morgan fingerprint density at radius 1 is 0.733 bits per heavy atom. The minimum atomic E-state index is -1.23. The normalized spacial score (nSPS) is 27.7. The second-order valence-electron chi connectivity index (χ2n) is 8.33. The van der Waals surface area contributed by atoms with Gasteiger partial charge in [-0.25, -0.2) is 9.59 Å². The summed E-state index contributed by atoms with van der Waals surface area (Å²) in [6.45, 7) is 11.4. The Bertz CT molecular complexity index is 631. The summed E-state index contributed by atoms with van der Waals surface area (Å²) in [6.07, 6.45) is 1.25. The molecule has 0 aliphatic carbocycles. The van der Waals surface area contributed by atoms with E-state index in [1.807, 2.05) is 0 Å². The number of hydrogen-bond acceptors (Lipinski definition) is 6. The van der Waals surface area contributed by atoms with Gasteiger partial charge in [0, 0.05) is 25.2 Å². The standard InChI is InChI=1S/C8H6O4.2C7H16N2/c9-7(10)5-3-1-2-4-6(5)8(11)12;2*1-6-5-8(3)7(2)9(6)4/h1-4H,(H,9,10)(H,11,12);2*6-7H,5H2,1-4H3. The van der Waals surface area contributed by atoms with Crippen LogP contribution in [0.15, 0.2) is 24.3 Å². The molecule has 30 heavy (non-hydrogen) atoms. The zero-order valence-electron chi connectivity index (χ0n) is 19.5. The topological polar surface area (TPSA) is 87.6 Å². The number of aromatic carboxylic acids is 2. The molecule has 0 saturated carbocycles. The Hall–Kier alpha value is -2.00. The molecule has 170 valence electrons. The summed E-state index contributed by atoms with van der Waals surface area (Å²) in [5, 5.41) is 17.1. The fraction of sp³-hybridized carbons (Fsp3) is 0.636. The van der Waals surface area contributed by atoms with E-state index in [1.165, 1.54) is 37.4 Å². The second-order valence-corrected chi connectivity index (χ2v) is 8.33. The third kappa shape index (κ3) is 6.77. The first-order valence-corrected chi connectivity index (χ1v) is 10.3. The maximum absolute atomic E-state index is 10.5. The molecule has 4 unspecified atom stereocenters. The minimum Gasteiger partial charge on any atom is -0.478 e. The van der Waals surface area contributed by atoms with Gasteiger partial charge in [-0.2, -0.15) is 0 Å². The zero-order valence-corrected chi connectivity index (χ0v) is 19.5. The molecule has 2 saturated heterocycles. The van der Waals surface area contributed by atoms with Crippen molar-refractivity contribution in [1.82, 2.24) is 19.6 Å². The Morgan fingerprint density at radius 3 is 1.17 bits per heavy atom. The van der Waals surface area contributed by atoms with Crippen LogP contribution in [0, 0.1) is 0 Å². The molecule has 2 aliphatic heterocycles. The third-order valence-corrected chi connectivity index (χ3v) is 6.34. The van der Waals surface area contributed by atoms with Gasteiger partial charge >= 0.3 is 11.9 Å². The molecule has 1 aromatic carbocycles. The molecule has 8 nitrogen and oxygen atoms in total. The van der Waals surface area contributed by atoms with Gasteiger partial charge in [0.25, 0.3) is 0 Å². The van der Waals surface area contributed by atoms with Crippen LogP contribution in [0.3, 0.4) is 0 Å². The number of carboxylic acid groups (broad SMARTS) is 2. The van der Waals surface area contributed by atoms with Crippen LogP contribution in [-0.2, 0) is 0 Å². The molecule has 0 amide bonds. The molecular weight excluding hydrogens is 384 g/mol.